The van der Waals surface area contributed by atoms with Gasteiger partial charge in [-0.25, -0.2) is 14.8 Å². The quantitative estimate of drug-likeness (QED) is 0.568. The topological polar surface area (TPSA) is 102 Å². The average Bonchev–Trinajstić information content (AvgIpc) is 3.28. The van der Waals surface area contributed by atoms with Gasteiger partial charge in [-0.05, 0) is 37.5 Å². The standard InChI is InChI=1S/C22H21N3O5S/c26-20(13-29-15-7-2-1-3-8-15)25-12-5-4-10-18(25)21-24-17(14-31-21)16-9-6-11-19(23-16)30-22(27)28/h1-3,6-9,11,14,18H,4-5,10,12-13H2,(H,27,28)/t18-/m1/s1. The van der Waals surface area contributed by atoms with Crippen LogP contribution in [-0.2, 0) is 4.79 Å². The molecule has 3 aromatic rings. The summed E-state index contributed by atoms with van der Waals surface area (Å²) in [6.07, 6.45) is 1.38. The molecule has 4 rings (SSSR count). The van der Waals surface area contributed by atoms with Crippen LogP contribution in [0, 0.1) is 0 Å². The Morgan fingerprint density at radius 2 is 1.90 bits per heavy atom. The second-order valence-electron chi connectivity index (χ2n) is 7.00. The number of thiazole rings is 1. The van der Waals surface area contributed by atoms with Crippen LogP contribution in [0.4, 0.5) is 4.79 Å². The summed E-state index contributed by atoms with van der Waals surface area (Å²) >= 11 is 1.46. The van der Waals surface area contributed by atoms with Gasteiger partial charge in [0, 0.05) is 18.0 Å². The monoisotopic (exact) mass is 439 g/mol. The number of para-hydroxylation sites is 1. The number of carbonyl (C=O) groups excluding carboxylic acids is 1. The van der Waals surface area contributed by atoms with E-state index in [-0.39, 0.29) is 24.4 Å². The van der Waals surface area contributed by atoms with E-state index in [4.69, 9.17) is 14.8 Å². The van der Waals surface area contributed by atoms with E-state index in [0.29, 0.717) is 23.7 Å². The van der Waals surface area contributed by atoms with Crippen molar-refractivity contribution in [2.45, 2.75) is 25.3 Å². The number of piperidine rings is 1. The Kier molecular flexibility index (Phi) is 6.42. The summed E-state index contributed by atoms with van der Waals surface area (Å²) < 4.78 is 10.3. The smallest absolute Gasteiger partial charge is 0.484 e. The van der Waals surface area contributed by atoms with E-state index in [1.54, 1.807) is 12.1 Å². The van der Waals surface area contributed by atoms with Crippen molar-refractivity contribution in [2.75, 3.05) is 13.2 Å². The molecule has 1 saturated heterocycles. The molecule has 1 N–H and O–H groups in total. The van der Waals surface area contributed by atoms with Gasteiger partial charge in [-0.15, -0.1) is 11.3 Å². The molecule has 3 heterocycles. The van der Waals surface area contributed by atoms with Crippen LogP contribution in [-0.4, -0.2) is 45.2 Å². The highest BCUT2D eigenvalue weighted by molar-refractivity contribution is 7.10. The van der Waals surface area contributed by atoms with E-state index in [0.717, 1.165) is 24.3 Å². The van der Waals surface area contributed by atoms with Gasteiger partial charge in [0.15, 0.2) is 6.61 Å². The fraction of sp³-hybridized carbons (Fsp3) is 0.273. The van der Waals surface area contributed by atoms with Crippen molar-refractivity contribution in [3.05, 3.63) is 58.9 Å². The Balaban J connectivity index is 1.48. The second-order valence-corrected chi connectivity index (χ2v) is 7.89. The Morgan fingerprint density at radius 3 is 2.71 bits per heavy atom. The number of amides is 1. The van der Waals surface area contributed by atoms with E-state index >= 15 is 0 Å². The number of carbonyl (C=O) groups is 2. The molecule has 9 heteroatoms. The number of hydrogen-bond donors (Lipinski definition) is 1. The summed E-state index contributed by atoms with van der Waals surface area (Å²) in [5.41, 5.74) is 1.14. The number of rotatable bonds is 6. The molecule has 1 aliphatic heterocycles. The largest absolute Gasteiger partial charge is 0.512 e. The third-order valence-corrected chi connectivity index (χ3v) is 5.86. The van der Waals surface area contributed by atoms with Crippen molar-refractivity contribution < 1.29 is 24.2 Å². The van der Waals surface area contributed by atoms with Gasteiger partial charge >= 0.3 is 6.16 Å². The molecule has 1 aliphatic rings. The van der Waals surface area contributed by atoms with E-state index < -0.39 is 6.16 Å². The van der Waals surface area contributed by atoms with Gasteiger partial charge in [-0.1, -0.05) is 24.3 Å². The fourth-order valence-corrected chi connectivity index (χ4v) is 4.45. The van der Waals surface area contributed by atoms with E-state index in [1.807, 2.05) is 40.6 Å². The van der Waals surface area contributed by atoms with E-state index in [1.165, 1.54) is 17.4 Å². The van der Waals surface area contributed by atoms with Crippen LogP contribution >= 0.6 is 11.3 Å². The van der Waals surface area contributed by atoms with Gasteiger partial charge in [-0.2, -0.15) is 0 Å². The molecular formula is C22H21N3O5S. The zero-order valence-corrected chi connectivity index (χ0v) is 17.5. The molecule has 0 bridgehead atoms. The summed E-state index contributed by atoms with van der Waals surface area (Å²) in [5, 5.41) is 11.5. The van der Waals surface area contributed by atoms with Crippen LogP contribution in [0.1, 0.15) is 30.3 Å². The van der Waals surface area contributed by atoms with Crippen LogP contribution in [0.5, 0.6) is 11.6 Å². The lowest BCUT2D eigenvalue weighted by Crippen LogP contribution is -2.41. The molecule has 0 aliphatic carbocycles. The number of benzene rings is 1. The lowest BCUT2D eigenvalue weighted by molar-refractivity contribution is -0.137. The van der Waals surface area contributed by atoms with E-state index in [9.17, 15) is 9.59 Å². The van der Waals surface area contributed by atoms with Crippen molar-refractivity contribution in [1.29, 1.82) is 0 Å². The molecule has 1 aromatic carbocycles. The first kappa shape index (κ1) is 20.8. The molecule has 0 unspecified atom stereocenters. The van der Waals surface area contributed by atoms with Crippen molar-refractivity contribution in [3.63, 3.8) is 0 Å². The van der Waals surface area contributed by atoms with Crippen molar-refractivity contribution in [3.8, 4) is 23.0 Å². The lowest BCUT2D eigenvalue weighted by atomic mass is 10.0. The first-order valence-electron chi connectivity index (χ1n) is 9.91. The third-order valence-electron chi connectivity index (χ3n) is 4.91. The maximum Gasteiger partial charge on any atom is 0.512 e. The number of hydrogen-bond acceptors (Lipinski definition) is 7. The van der Waals surface area contributed by atoms with Crippen LogP contribution in [0.15, 0.2) is 53.9 Å². The molecule has 31 heavy (non-hydrogen) atoms. The Labute approximate surface area is 183 Å². The van der Waals surface area contributed by atoms with Crippen LogP contribution < -0.4 is 9.47 Å². The van der Waals surface area contributed by atoms with Gasteiger partial charge in [0.1, 0.15) is 16.5 Å². The molecule has 160 valence electrons. The first-order chi connectivity index (χ1) is 15.1. The molecule has 0 saturated carbocycles. The molecule has 0 spiro atoms. The van der Waals surface area contributed by atoms with Crippen LogP contribution in [0.25, 0.3) is 11.4 Å². The zero-order chi connectivity index (χ0) is 21.6. The van der Waals surface area contributed by atoms with Crippen molar-refractivity contribution >= 4 is 23.4 Å². The Morgan fingerprint density at radius 1 is 1.06 bits per heavy atom. The summed E-state index contributed by atoms with van der Waals surface area (Å²) in [7, 11) is 0. The minimum absolute atomic E-state index is 0.00733. The molecule has 8 nitrogen and oxygen atoms in total. The Bertz CT molecular complexity index is 1060. The van der Waals surface area contributed by atoms with Gasteiger partial charge in [0.05, 0.1) is 11.7 Å². The van der Waals surface area contributed by atoms with Crippen LogP contribution in [0.3, 0.4) is 0 Å². The fourth-order valence-electron chi connectivity index (χ4n) is 3.49. The molecular weight excluding hydrogens is 418 g/mol. The maximum atomic E-state index is 12.9. The molecule has 0 radical (unpaired) electrons. The van der Waals surface area contributed by atoms with Gasteiger partial charge < -0.3 is 19.5 Å². The highest BCUT2D eigenvalue weighted by Gasteiger charge is 2.30. The first-order valence-corrected chi connectivity index (χ1v) is 10.8. The predicted molar refractivity (Wildman–Crippen MR) is 114 cm³/mol. The highest BCUT2D eigenvalue weighted by atomic mass is 32.1. The number of pyridine rings is 1. The van der Waals surface area contributed by atoms with Gasteiger partial charge in [-0.3, -0.25) is 4.79 Å². The molecule has 1 fully saturated rings. The predicted octanol–water partition coefficient (Wildman–Crippen LogP) is 4.39. The van der Waals surface area contributed by atoms with Gasteiger partial charge in [0.25, 0.3) is 5.91 Å². The highest BCUT2D eigenvalue weighted by Crippen LogP contribution is 2.34. The van der Waals surface area contributed by atoms with Crippen molar-refractivity contribution in [1.82, 2.24) is 14.9 Å². The Hall–Kier alpha value is -3.46. The third kappa shape index (κ3) is 5.18. The summed E-state index contributed by atoms with van der Waals surface area (Å²) in [6.45, 7) is 0.644. The maximum absolute atomic E-state index is 12.9. The zero-order valence-electron chi connectivity index (χ0n) is 16.6. The summed E-state index contributed by atoms with van der Waals surface area (Å²) in [6, 6.07) is 14.0. The summed E-state index contributed by atoms with van der Waals surface area (Å²) in [4.78, 5) is 34.4. The molecule has 1 atom stereocenters. The molecule has 2 aromatic heterocycles. The number of nitrogens with zero attached hydrogens (tertiary/aromatic N) is 3. The number of carboxylic acid groups (broad SMARTS) is 1. The van der Waals surface area contributed by atoms with Crippen molar-refractivity contribution in [2.24, 2.45) is 0 Å². The second kappa shape index (κ2) is 9.57. The average molecular weight is 439 g/mol. The van der Waals surface area contributed by atoms with E-state index in [2.05, 4.69) is 9.72 Å². The number of ether oxygens (including phenoxy) is 2. The normalized spacial score (nSPS) is 16.0. The molecule has 1 amide bonds. The minimum atomic E-state index is -1.42. The lowest BCUT2D eigenvalue weighted by Gasteiger charge is -2.34. The van der Waals surface area contributed by atoms with Gasteiger partial charge in [0.2, 0.25) is 5.88 Å². The number of aromatic nitrogens is 2. The SMILES string of the molecule is O=C(O)Oc1cccc(-c2csc([C@H]3CCCCN3C(=O)COc3ccccc3)n2)n1. The minimum Gasteiger partial charge on any atom is -0.484 e. The summed E-state index contributed by atoms with van der Waals surface area (Å²) in [5.74, 6) is 0.586. The number of likely N-dealkylation sites (tertiary alicyclic amines) is 1. The van der Waals surface area contributed by atoms with Crippen LogP contribution in [0.2, 0.25) is 0 Å².